The number of hydrogen-bond donors (Lipinski definition) is 2. The zero-order valence-electron chi connectivity index (χ0n) is 8.21. The summed E-state index contributed by atoms with van der Waals surface area (Å²) in [6.07, 6.45) is 2.55. The van der Waals surface area contributed by atoms with Crippen molar-refractivity contribution in [3.8, 4) is 0 Å². The number of aliphatic hydroxyl groups excluding tert-OH is 1. The molecule has 0 aromatic heterocycles. The standard InChI is InChI=1S/C9H21NO3/c10-4-1-6-12-8-3-9-13-7-2-5-11/h11H,1-10H2. The van der Waals surface area contributed by atoms with E-state index in [-0.39, 0.29) is 6.61 Å². The third-order valence-electron chi connectivity index (χ3n) is 1.52. The van der Waals surface area contributed by atoms with Crippen LogP contribution >= 0.6 is 0 Å². The molecule has 4 nitrogen and oxygen atoms in total. The fourth-order valence-corrected chi connectivity index (χ4v) is 0.819. The molecule has 0 aliphatic heterocycles. The summed E-state index contributed by atoms with van der Waals surface area (Å²) in [7, 11) is 0. The van der Waals surface area contributed by atoms with Crippen LogP contribution in [0.5, 0.6) is 0 Å². The van der Waals surface area contributed by atoms with Gasteiger partial charge in [-0.05, 0) is 25.8 Å². The molecule has 80 valence electrons. The average Bonchev–Trinajstić information content (AvgIpc) is 2.16. The van der Waals surface area contributed by atoms with E-state index in [4.69, 9.17) is 20.3 Å². The Morgan fingerprint density at radius 1 is 0.846 bits per heavy atom. The quantitative estimate of drug-likeness (QED) is 0.482. The largest absolute Gasteiger partial charge is 0.396 e. The average molecular weight is 191 g/mol. The first kappa shape index (κ1) is 12.8. The zero-order valence-corrected chi connectivity index (χ0v) is 8.21. The predicted molar refractivity (Wildman–Crippen MR) is 51.6 cm³/mol. The van der Waals surface area contributed by atoms with Gasteiger partial charge in [0.1, 0.15) is 0 Å². The lowest BCUT2D eigenvalue weighted by Crippen LogP contribution is -2.07. The van der Waals surface area contributed by atoms with Gasteiger partial charge in [0.2, 0.25) is 0 Å². The molecule has 0 amide bonds. The summed E-state index contributed by atoms with van der Waals surface area (Å²) in [5.41, 5.74) is 5.30. The molecule has 0 bridgehead atoms. The Morgan fingerprint density at radius 3 is 1.92 bits per heavy atom. The summed E-state index contributed by atoms with van der Waals surface area (Å²) >= 11 is 0. The number of hydrogen-bond acceptors (Lipinski definition) is 4. The van der Waals surface area contributed by atoms with Gasteiger partial charge in [-0.1, -0.05) is 0 Å². The van der Waals surface area contributed by atoms with E-state index in [1.54, 1.807) is 0 Å². The Bertz CT molecular complexity index is 80.9. The van der Waals surface area contributed by atoms with Gasteiger partial charge < -0.3 is 20.3 Å². The van der Waals surface area contributed by atoms with Crippen molar-refractivity contribution in [3.63, 3.8) is 0 Å². The molecule has 13 heavy (non-hydrogen) atoms. The van der Waals surface area contributed by atoms with Crippen LogP contribution < -0.4 is 5.73 Å². The molecule has 0 spiro atoms. The molecule has 0 aromatic rings. The molecule has 0 aliphatic carbocycles. The zero-order chi connectivity index (χ0) is 9.78. The highest BCUT2D eigenvalue weighted by Crippen LogP contribution is 1.88. The van der Waals surface area contributed by atoms with E-state index in [0.717, 1.165) is 26.1 Å². The minimum atomic E-state index is 0.201. The van der Waals surface area contributed by atoms with Crippen molar-refractivity contribution in [2.75, 3.05) is 39.6 Å². The molecular weight excluding hydrogens is 170 g/mol. The van der Waals surface area contributed by atoms with E-state index in [1.165, 1.54) is 0 Å². The van der Waals surface area contributed by atoms with Crippen molar-refractivity contribution >= 4 is 0 Å². The van der Waals surface area contributed by atoms with Crippen molar-refractivity contribution in [3.05, 3.63) is 0 Å². The molecule has 0 saturated carbocycles. The Kier molecular flexibility index (Phi) is 11.7. The lowest BCUT2D eigenvalue weighted by molar-refractivity contribution is 0.0759. The van der Waals surface area contributed by atoms with Crippen LogP contribution in [0.2, 0.25) is 0 Å². The highest BCUT2D eigenvalue weighted by atomic mass is 16.5. The van der Waals surface area contributed by atoms with Crippen molar-refractivity contribution in [1.29, 1.82) is 0 Å². The minimum absolute atomic E-state index is 0.201. The van der Waals surface area contributed by atoms with E-state index in [0.29, 0.717) is 26.2 Å². The summed E-state index contributed by atoms with van der Waals surface area (Å²) in [4.78, 5) is 0. The van der Waals surface area contributed by atoms with Crippen LogP contribution in [0.25, 0.3) is 0 Å². The number of rotatable bonds is 10. The predicted octanol–water partition coefficient (Wildman–Crippen LogP) is 0.141. The van der Waals surface area contributed by atoms with Gasteiger partial charge in [-0.15, -0.1) is 0 Å². The van der Waals surface area contributed by atoms with Crippen LogP contribution in [-0.2, 0) is 9.47 Å². The SMILES string of the molecule is NCCCOCCCOCCCO. The van der Waals surface area contributed by atoms with E-state index in [1.807, 2.05) is 0 Å². The Morgan fingerprint density at radius 2 is 1.38 bits per heavy atom. The van der Waals surface area contributed by atoms with E-state index in [9.17, 15) is 0 Å². The van der Waals surface area contributed by atoms with E-state index in [2.05, 4.69) is 0 Å². The first-order valence-corrected chi connectivity index (χ1v) is 4.88. The monoisotopic (exact) mass is 191 g/mol. The second-order valence-electron chi connectivity index (χ2n) is 2.80. The van der Waals surface area contributed by atoms with Gasteiger partial charge in [0, 0.05) is 33.0 Å². The lowest BCUT2D eigenvalue weighted by Gasteiger charge is -2.04. The normalized spacial score (nSPS) is 10.6. The summed E-state index contributed by atoms with van der Waals surface area (Å²) in [6.45, 7) is 3.72. The summed E-state index contributed by atoms with van der Waals surface area (Å²) in [6, 6.07) is 0. The molecule has 0 fully saturated rings. The van der Waals surface area contributed by atoms with Crippen molar-refractivity contribution in [2.45, 2.75) is 19.3 Å². The molecule has 0 rings (SSSR count). The van der Waals surface area contributed by atoms with Gasteiger partial charge in [-0.25, -0.2) is 0 Å². The van der Waals surface area contributed by atoms with Crippen molar-refractivity contribution in [1.82, 2.24) is 0 Å². The lowest BCUT2D eigenvalue weighted by atomic mass is 10.4. The molecular formula is C9H21NO3. The van der Waals surface area contributed by atoms with Crippen LogP contribution in [0.4, 0.5) is 0 Å². The molecule has 4 heteroatoms. The fraction of sp³-hybridized carbons (Fsp3) is 1.00. The van der Waals surface area contributed by atoms with Gasteiger partial charge in [0.15, 0.2) is 0 Å². The second-order valence-corrected chi connectivity index (χ2v) is 2.80. The molecule has 3 N–H and O–H groups in total. The highest BCUT2D eigenvalue weighted by molar-refractivity contribution is 4.38. The van der Waals surface area contributed by atoms with Crippen LogP contribution in [0.1, 0.15) is 19.3 Å². The fourth-order valence-electron chi connectivity index (χ4n) is 0.819. The third kappa shape index (κ3) is 11.8. The molecule has 0 aliphatic rings. The maximum atomic E-state index is 8.45. The van der Waals surface area contributed by atoms with Gasteiger partial charge in [0.25, 0.3) is 0 Å². The molecule has 0 saturated heterocycles. The maximum Gasteiger partial charge on any atom is 0.0488 e. The second kappa shape index (κ2) is 11.8. The van der Waals surface area contributed by atoms with Crippen LogP contribution in [0.15, 0.2) is 0 Å². The van der Waals surface area contributed by atoms with Gasteiger partial charge >= 0.3 is 0 Å². The number of ether oxygens (including phenoxy) is 2. The molecule has 0 atom stereocenters. The highest BCUT2D eigenvalue weighted by Gasteiger charge is 1.90. The van der Waals surface area contributed by atoms with Crippen LogP contribution in [0, 0.1) is 0 Å². The Balaban J connectivity index is 2.76. The molecule has 0 heterocycles. The molecule has 0 aromatic carbocycles. The summed E-state index contributed by atoms with van der Waals surface area (Å²) in [5, 5.41) is 8.45. The van der Waals surface area contributed by atoms with Gasteiger partial charge in [-0.2, -0.15) is 0 Å². The summed E-state index contributed by atoms with van der Waals surface area (Å²) in [5.74, 6) is 0. The third-order valence-corrected chi connectivity index (χ3v) is 1.52. The molecule has 0 unspecified atom stereocenters. The minimum Gasteiger partial charge on any atom is -0.396 e. The number of nitrogens with two attached hydrogens (primary N) is 1. The first-order valence-electron chi connectivity index (χ1n) is 4.88. The van der Waals surface area contributed by atoms with Crippen molar-refractivity contribution in [2.24, 2.45) is 5.73 Å². The van der Waals surface area contributed by atoms with Gasteiger partial charge in [0.05, 0.1) is 0 Å². The smallest absolute Gasteiger partial charge is 0.0488 e. The van der Waals surface area contributed by atoms with Crippen LogP contribution in [0.3, 0.4) is 0 Å². The Labute approximate surface area is 80.0 Å². The Hall–Kier alpha value is -0.160. The van der Waals surface area contributed by atoms with Gasteiger partial charge in [-0.3, -0.25) is 0 Å². The number of aliphatic hydroxyl groups is 1. The van der Waals surface area contributed by atoms with E-state index >= 15 is 0 Å². The van der Waals surface area contributed by atoms with Crippen molar-refractivity contribution < 1.29 is 14.6 Å². The summed E-state index contributed by atoms with van der Waals surface area (Å²) < 4.78 is 10.5. The van der Waals surface area contributed by atoms with Crippen LogP contribution in [-0.4, -0.2) is 44.7 Å². The van der Waals surface area contributed by atoms with E-state index < -0.39 is 0 Å². The molecule has 0 radical (unpaired) electrons. The maximum absolute atomic E-state index is 8.45. The first-order chi connectivity index (χ1) is 6.41. The topological polar surface area (TPSA) is 64.7 Å².